The number of amides is 1. The lowest BCUT2D eigenvalue weighted by Gasteiger charge is -2.16. The van der Waals surface area contributed by atoms with E-state index in [1.807, 2.05) is 30.3 Å². The SMILES string of the molecule is O=C(OCc1cc(-c2ccccc2F)on1)C1CC(=O)N(c2ccccc2)C1. The molecule has 6 nitrogen and oxygen atoms in total. The molecule has 0 N–H and O–H groups in total. The number of aromatic nitrogens is 1. The fraction of sp³-hybridized carbons (Fsp3) is 0.190. The number of esters is 1. The number of carbonyl (C=O) groups is 2. The van der Waals surface area contributed by atoms with E-state index in [2.05, 4.69) is 5.16 Å². The van der Waals surface area contributed by atoms with Gasteiger partial charge in [0.05, 0.1) is 11.5 Å². The Bertz CT molecular complexity index is 1000. The molecule has 1 atom stereocenters. The Balaban J connectivity index is 1.37. The molecular weight excluding hydrogens is 363 g/mol. The largest absolute Gasteiger partial charge is 0.459 e. The Morgan fingerprint density at radius 2 is 1.93 bits per heavy atom. The smallest absolute Gasteiger partial charge is 0.311 e. The summed E-state index contributed by atoms with van der Waals surface area (Å²) < 4.78 is 24.2. The summed E-state index contributed by atoms with van der Waals surface area (Å²) in [5, 5.41) is 3.81. The summed E-state index contributed by atoms with van der Waals surface area (Å²) in [5.41, 5.74) is 1.41. The lowest BCUT2D eigenvalue weighted by Crippen LogP contribution is -2.26. The van der Waals surface area contributed by atoms with Crippen LogP contribution in [0.5, 0.6) is 0 Å². The summed E-state index contributed by atoms with van der Waals surface area (Å²) in [4.78, 5) is 26.1. The van der Waals surface area contributed by atoms with Crippen LogP contribution >= 0.6 is 0 Å². The average Bonchev–Trinajstić information content (AvgIpc) is 3.34. The van der Waals surface area contributed by atoms with Gasteiger partial charge in [-0.15, -0.1) is 0 Å². The first-order chi connectivity index (χ1) is 13.6. The van der Waals surface area contributed by atoms with Crippen LogP contribution in [0.3, 0.4) is 0 Å². The summed E-state index contributed by atoms with van der Waals surface area (Å²) in [7, 11) is 0. The molecule has 0 radical (unpaired) electrons. The van der Waals surface area contributed by atoms with E-state index in [0.29, 0.717) is 5.69 Å². The van der Waals surface area contributed by atoms with Gasteiger partial charge < -0.3 is 14.2 Å². The van der Waals surface area contributed by atoms with Crippen LogP contribution in [0.15, 0.2) is 65.2 Å². The van der Waals surface area contributed by atoms with Gasteiger partial charge >= 0.3 is 5.97 Å². The minimum Gasteiger partial charge on any atom is -0.459 e. The van der Waals surface area contributed by atoms with Crippen molar-refractivity contribution in [2.24, 2.45) is 5.92 Å². The molecule has 0 spiro atoms. The molecule has 28 heavy (non-hydrogen) atoms. The quantitative estimate of drug-likeness (QED) is 0.633. The van der Waals surface area contributed by atoms with Gasteiger partial charge in [-0.1, -0.05) is 35.5 Å². The zero-order valence-corrected chi connectivity index (χ0v) is 14.9. The standard InChI is InChI=1S/C21H17FN2O4/c22-18-9-5-4-8-17(18)19-11-15(23-28-19)13-27-21(26)14-10-20(25)24(12-14)16-6-2-1-3-7-16/h1-9,11,14H,10,12-13H2. The van der Waals surface area contributed by atoms with E-state index in [1.165, 1.54) is 12.1 Å². The molecule has 2 aromatic carbocycles. The maximum absolute atomic E-state index is 13.8. The second kappa shape index (κ2) is 7.64. The molecule has 1 amide bonds. The van der Waals surface area contributed by atoms with Crippen LogP contribution in [0.4, 0.5) is 10.1 Å². The number of carbonyl (C=O) groups excluding carboxylic acids is 2. The van der Waals surface area contributed by atoms with Gasteiger partial charge in [-0.2, -0.15) is 0 Å². The van der Waals surface area contributed by atoms with Crippen LogP contribution in [0.1, 0.15) is 12.1 Å². The Labute approximate surface area is 160 Å². The zero-order valence-electron chi connectivity index (χ0n) is 14.9. The predicted molar refractivity (Wildman–Crippen MR) is 98.6 cm³/mol. The molecule has 2 heterocycles. The van der Waals surface area contributed by atoms with Crippen molar-refractivity contribution in [3.05, 3.63) is 72.2 Å². The lowest BCUT2D eigenvalue weighted by atomic mass is 10.1. The Hall–Kier alpha value is -3.48. The number of nitrogens with zero attached hydrogens (tertiary/aromatic N) is 2. The van der Waals surface area contributed by atoms with Crippen molar-refractivity contribution >= 4 is 17.6 Å². The van der Waals surface area contributed by atoms with Gasteiger partial charge in [0.2, 0.25) is 5.91 Å². The van der Waals surface area contributed by atoms with Crippen molar-refractivity contribution < 1.29 is 23.2 Å². The molecule has 0 aliphatic carbocycles. The highest BCUT2D eigenvalue weighted by atomic mass is 19.1. The number of hydrogen-bond acceptors (Lipinski definition) is 5. The van der Waals surface area contributed by atoms with E-state index in [1.54, 1.807) is 23.1 Å². The second-order valence-electron chi connectivity index (χ2n) is 6.51. The number of benzene rings is 2. The number of halogens is 1. The highest BCUT2D eigenvalue weighted by Gasteiger charge is 2.36. The first-order valence-corrected chi connectivity index (χ1v) is 8.84. The van der Waals surface area contributed by atoms with Crippen molar-refractivity contribution in [1.29, 1.82) is 0 Å². The van der Waals surface area contributed by atoms with Crippen molar-refractivity contribution in [2.45, 2.75) is 13.0 Å². The number of rotatable bonds is 5. The third-order valence-electron chi connectivity index (χ3n) is 4.59. The first kappa shape index (κ1) is 17.9. The van der Waals surface area contributed by atoms with E-state index >= 15 is 0 Å². The second-order valence-corrected chi connectivity index (χ2v) is 6.51. The molecule has 3 aromatic rings. The summed E-state index contributed by atoms with van der Waals surface area (Å²) in [6, 6.07) is 16.9. The van der Waals surface area contributed by atoms with Gasteiger partial charge in [0, 0.05) is 24.7 Å². The monoisotopic (exact) mass is 380 g/mol. The molecule has 1 unspecified atom stereocenters. The normalized spacial score (nSPS) is 16.4. The van der Waals surface area contributed by atoms with Crippen LogP contribution in [0.25, 0.3) is 11.3 Å². The average molecular weight is 380 g/mol. The number of ether oxygens (including phenoxy) is 1. The van der Waals surface area contributed by atoms with Crippen LogP contribution < -0.4 is 4.90 Å². The molecule has 7 heteroatoms. The molecule has 1 aliphatic rings. The third-order valence-corrected chi connectivity index (χ3v) is 4.59. The Morgan fingerprint density at radius 3 is 2.71 bits per heavy atom. The predicted octanol–water partition coefficient (Wildman–Crippen LogP) is 3.58. The van der Waals surface area contributed by atoms with Gasteiger partial charge in [-0.05, 0) is 24.3 Å². The van der Waals surface area contributed by atoms with Gasteiger partial charge in [0.15, 0.2) is 5.76 Å². The van der Waals surface area contributed by atoms with Crippen LogP contribution in [0.2, 0.25) is 0 Å². The van der Waals surface area contributed by atoms with E-state index in [4.69, 9.17) is 9.26 Å². The highest BCUT2D eigenvalue weighted by molar-refractivity contribution is 5.99. The van der Waals surface area contributed by atoms with E-state index in [0.717, 1.165) is 5.69 Å². The van der Waals surface area contributed by atoms with Crippen molar-refractivity contribution in [3.63, 3.8) is 0 Å². The highest BCUT2D eigenvalue weighted by Crippen LogP contribution is 2.26. The fourth-order valence-corrected chi connectivity index (χ4v) is 3.15. The Morgan fingerprint density at radius 1 is 1.18 bits per heavy atom. The number of hydrogen-bond donors (Lipinski definition) is 0. The van der Waals surface area contributed by atoms with Crippen LogP contribution in [-0.2, 0) is 20.9 Å². The first-order valence-electron chi connectivity index (χ1n) is 8.84. The molecule has 1 aromatic heterocycles. The maximum Gasteiger partial charge on any atom is 0.311 e. The van der Waals surface area contributed by atoms with Crippen molar-refractivity contribution in [1.82, 2.24) is 5.16 Å². The van der Waals surface area contributed by atoms with Crippen molar-refractivity contribution in [2.75, 3.05) is 11.4 Å². The maximum atomic E-state index is 13.8. The van der Waals surface area contributed by atoms with E-state index < -0.39 is 17.7 Å². The van der Waals surface area contributed by atoms with Gasteiger partial charge in [0.1, 0.15) is 18.1 Å². The molecule has 0 saturated carbocycles. The molecule has 0 bridgehead atoms. The molecule has 1 saturated heterocycles. The van der Waals surface area contributed by atoms with Gasteiger partial charge in [0.25, 0.3) is 0 Å². The van der Waals surface area contributed by atoms with Crippen molar-refractivity contribution in [3.8, 4) is 11.3 Å². The van der Waals surface area contributed by atoms with Crippen LogP contribution in [-0.4, -0.2) is 23.6 Å². The minimum atomic E-state index is -0.536. The zero-order chi connectivity index (χ0) is 19.5. The fourth-order valence-electron chi connectivity index (χ4n) is 3.15. The summed E-state index contributed by atoms with van der Waals surface area (Å²) in [5.74, 6) is -1.28. The summed E-state index contributed by atoms with van der Waals surface area (Å²) >= 11 is 0. The summed E-state index contributed by atoms with van der Waals surface area (Å²) in [6.45, 7) is 0.174. The lowest BCUT2D eigenvalue weighted by molar-refractivity contribution is -0.149. The summed E-state index contributed by atoms with van der Waals surface area (Å²) in [6.07, 6.45) is 0.104. The molecule has 4 rings (SSSR count). The van der Waals surface area contributed by atoms with Gasteiger partial charge in [-0.3, -0.25) is 9.59 Å². The minimum absolute atomic E-state index is 0.104. The van der Waals surface area contributed by atoms with E-state index in [9.17, 15) is 14.0 Å². The number of anilines is 1. The molecule has 142 valence electrons. The third kappa shape index (κ3) is 3.64. The van der Waals surface area contributed by atoms with E-state index in [-0.39, 0.29) is 36.8 Å². The van der Waals surface area contributed by atoms with Gasteiger partial charge in [-0.25, -0.2) is 4.39 Å². The Kier molecular flexibility index (Phi) is 4.89. The molecule has 1 fully saturated rings. The van der Waals surface area contributed by atoms with Crippen LogP contribution in [0, 0.1) is 11.7 Å². The topological polar surface area (TPSA) is 72.6 Å². The molecular formula is C21H17FN2O4. The number of para-hydroxylation sites is 1. The molecule has 1 aliphatic heterocycles.